The smallest absolute Gasteiger partial charge is 0.0671 e. The van der Waals surface area contributed by atoms with Gasteiger partial charge in [-0.15, -0.1) is 0 Å². The fraction of sp³-hybridized carbons (Fsp3) is 0.915. The maximum atomic E-state index is 9.97. The zero-order chi connectivity index (χ0) is 44.5. The maximum absolute atomic E-state index is 9.97. The van der Waals surface area contributed by atoms with Crippen LogP contribution in [0.1, 0.15) is 152 Å². The number of allylic oxidation sites excluding steroid dienone is 1. The minimum atomic E-state index is -0.326. The van der Waals surface area contributed by atoms with E-state index in [4.69, 9.17) is 18.9 Å². The first-order chi connectivity index (χ1) is 24.7. The van der Waals surface area contributed by atoms with E-state index in [1.165, 1.54) is 5.57 Å². The van der Waals surface area contributed by atoms with Crippen molar-refractivity contribution >= 4 is 0 Å². The summed E-state index contributed by atoms with van der Waals surface area (Å²) >= 11 is 0. The van der Waals surface area contributed by atoms with E-state index < -0.39 is 0 Å². The Bertz CT molecular complexity index is 958. The van der Waals surface area contributed by atoms with Crippen LogP contribution in [0.25, 0.3) is 0 Å². The van der Waals surface area contributed by atoms with Crippen LogP contribution >= 0.6 is 0 Å². The molecule has 0 saturated heterocycles. The molecule has 0 aliphatic rings. The van der Waals surface area contributed by atoms with Crippen molar-refractivity contribution < 1.29 is 39.4 Å². The number of aliphatic hydroxyl groups is 4. The third-order valence-corrected chi connectivity index (χ3v) is 9.24. The van der Waals surface area contributed by atoms with Gasteiger partial charge in [-0.25, -0.2) is 0 Å². The van der Waals surface area contributed by atoms with Crippen molar-refractivity contribution in [3.05, 3.63) is 23.8 Å². The topological polar surface area (TPSA) is 118 Å². The highest BCUT2D eigenvalue weighted by Crippen LogP contribution is 2.29. The molecule has 0 bridgehead atoms. The molecule has 0 aliphatic carbocycles. The molecule has 0 heterocycles. The summed E-state index contributed by atoms with van der Waals surface area (Å²) in [5.74, 6) is 1.67. The normalized spacial score (nSPS) is 14.7. The van der Waals surface area contributed by atoms with Gasteiger partial charge in [0.15, 0.2) is 0 Å². The molecule has 4 unspecified atom stereocenters. The van der Waals surface area contributed by atoms with Crippen molar-refractivity contribution in [1.82, 2.24) is 0 Å². The third kappa shape index (κ3) is 31.8. The molecule has 0 saturated carbocycles. The monoisotopic (exact) mass is 791 g/mol. The van der Waals surface area contributed by atoms with E-state index >= 15 is 0 Å². The summed E-state index contributed by atoms with van der Waals surface area (Å²) in [6.07, 6.45) is 0.827. The van der Waals surface area contributed by atoms with Gasteiger partial charge in [-0.1, -0.05) is 148 Å². The van der Waals surface area contributed by atoms with Crippen molar-refractivity contribution in [2.75, 3.05) is 52.9 Å². The van der Waals surface area contributed by atoms with Gasteiger partial charge >= 0.3 is 0 Å². The van der Waals surface area contributed by atoms with E-state index in [9.17, 15) is 20.4 Å². The highest BCUT2D eigenvalue weighted by atomic mass is 16.5. The van der Waals surface area contributed by atoms with Gasteiger partial charge in [-0.3, -0.25) is 0 Å². The van der Waals surface area contributed by atoms with Gasteiger partial charge in [0, 0.05) is 34.9 Å². The quantitative estimate of drug-likeness (QED) is 0.0597. The summed E-state index contributed by atoms with van der Waals surface area (Å²) in [6.45, 7) is 53.7. The largest absolute Gasteiger partial charge is 0.392 e. The number of aliphatic hydroxyl groups excluding tert-OH is 4. The Labute approximate surface area is 343 Å². The molecule has 0 amide bonds. The van der Waals surface area contributed by atoms with Crippen LogP contribution in [-0.2, 0) is 18.9 Å². The lowest BCUT2D eigenvalue weighted by molar-refractivity contribution is -0.0491. The van der Waals surface area contributed by atoms with Crippen LogP contribution in [0.4, 0.5) is 0 Å². The van der Waals surface area contributed by atoms with E-state index in [-0.39, 0.29) is 63.8 Å². The molecule has 0 aromatic heterocycles. The summed E-state index contributed by atoms with van der Waals surface area (Å²) in [7, 11) is 0. The lowest BCUT2D eigenvalue weighted by atomic mass is 9.81. The van der Waals surface area contributed by atoms with E-state index in [2.05, 4.69) is 54.2 Å². The fourth-order valence-corrected chi connectivity index (χ4v) is 5.91. The highest BCUT2D eigenvalue weighted by Gasteiger charge is 2.32. The van der Waals surface area contributed by atoms with Crippen LogP contribution in [0.5, 0.6) is 0 Å². The highest BCUT2D eigenvalue weighted by molar-refractivity contribution is 4.93. The van der Waals surface area contributed by atoms with Crippen molar-refractivity contribution in [2.45, 2.75) is 177 Å². The molecule has 55 heavy (non-hydrogen) atoms. The van der Waals surface area contributed by atoms with Gasteiger partial charge in [0.2, 0.25) is 0 Å². The molecule has 0 aliphatic heterocycles. The van der Waals surface area contributed by atoms with Gasteiger partial charge in [0.25, 0.3) is 0 Å². The molecule has 4 N–H and O–H groups in total. The van der Waals surface area contributed by atoms with E-state index in [0.29, 0.717) is 58.1 Å². The Morgan fingerprint density at radius 3 is 1.05 bits per heavy atom. The second-order valence-electron chi connectivity index (χ2n) is 20.5. The molecule has 0 fully saturated rings. The number of ether oxygens (including phenoxy) is 4. The van der Waals surface area contributed by atoms with Gasteiger partial charge in [0.05, 0.1) is 64.1 Å². The minimum Gasteiger partial charge on any atom is -0.392 e. The molecule has 0 aromatic carbocycles. The zero-order valence-electron chi connectivity index (χ0n) is 40.6. The molecule has 0 rings (SSSR count). The number of rotatable bonds is 23. The predicted molar refractivity (Wildman–Crippen MR) is 237 cm³/mol. The molecule has 0 aromatic rings. The van der Waals surface area contributed by atoms with Crippen LogP contribution in [0.3, 0.4) is 0 Å². The van der Waals surface area contributed by atoms with Gasteiger partial charge < -0.3 is 39.4 Å². The predicted octanol–water partition coefficient (Wildman–Crippen LogP) is 10.4. The first kappa shape index (κ1) is 60.8. The second kappa shape index (κ2) is 30.2. The van der Waals surface area contributed by atoms with Crippen LogP contribution < -0.4 is 0 Å². The summed E-state index contributed by atoms with van der Waals surface area (Å²) in [5, 5.41) is 39.6. The molecule has 334 valence electrons. The number of hydrogen-bond acceptors (Lipinski definition) is 8. The summed E-state index contributed by atoms with van der Waals surface area (Å²) in [6, 6.07) is 0. The van der Waals surface area contributed by atoms with Crippen molar-refractivity contribution in [2.24, 2.45) is 51.2 Å². The fourth-order valence-electron chi connectivity index (χ4n) is 5.91. The summed E-state index contributed by atoms with van der Waals surface area (Å²) < 4.78 is 21.9. The van der Waals surface area contributed by atoms with E-state index in [0.717, 1.165) is 12.2 Å². The molecular formula is C47H98O8. The third-order valence-electron chi connectivity index (χ3n) is 9.24. The first-order valence-corrected chi connectivity index (χ1v) is 21.0. The molecule has 0 spiro atoms. The van der Waals surface area contributed by atoms with E-state index in [1.807, 2.05) is 111 Å². The molecule has 4 atom stereocenters. The Morgan fingerprint density at radius 2 is 0.800 bits per heavy atom. The van der Waals surface area contributed by atoms with Crippen LogP contribution in [0.2, 0.25) is 0 Å². The average Bonchev–Trinajstić information content (AvgIpc) is 3.04. The SMILES string of the molecule is C=C(C)COCC(C)(C)C(O)C(C)C.CC(C)=CCOCC(C)(C)C(O)C(C)C.CC(C)COCC(C)(C)C(O)C(C)C.CCOCC(C)(C)C(O)C(C)C. The van der Waals surface area contributed by atoms with Gasteiger partial charge in [-0.2, -0.15) is 0 Å². The van der Waals surface area contributed by atoms with Gasteiger partial charge in [0.1, 0.15) is 0 Å². The van der Waals surface area contributed by atoms with Crippen LogP contribution in [0.15, 0.2) is 23.8 Å². The first-order valence-electron chi connectivity index (χ1n) is 21.0. The summed E-state index contributed by atoms with van der Waals surface area (Å²) in [4.78, 5) is 0. The standard InChI is InChI=1S/C13H26O2.C12H26O2.C12H24O2.C10H22O2/c1-10(2)7-8-15-9-13(5,6)12(14)11(3)4;2*1-9(2)7-14-8-12(5,6)11(13)10(3)4;1-6-12-7-10(4,5)9(11)8(2)3/h7,11-12,14H,8-9H2,1-6H3;9-11,13H,7-8H2,1-6H3;10-11,13H,1,7-8H2,2-6H3;8-9,11H,6-7H2,1-5H3. The Morgan fingerprint density at radius 1 is 0.509 bits per heavy atom. The average molecular weight is 791 g/mol. The van der Waals surface area contributed by atoms with Crippen molar-refractivity contribution in [3.8, 4) is 0 Å². The maximum Gasteiger partial charge on any atom is 0.0671 e. The van der Waals surface area contributed by atoms with Crippen LogP contribution in [0, 0.1) is 51.2 Å². The molecule has 8 heteroatoms. The van der Waals surface area contributed by atoms with Crippen molar-refractivity contribution in [1.29, 1.82) is 0 Å². The van der Waals surface area contributed by atoms with Gasteiger partial charge in [-0.05, 0) is 57.3 Å². The van der Waals surface area contributed by atoms with Crippen LogP contribution in [-0.4, -0.2) is 97.7 Å². The molecule has 0 radical (unpaired) electrons. The lowest BCUT2D eigenvalue weighted by Gasteiger charge is -2.33. The minimum absolute atomic E-state index is 0.135. The van der Waals surface area contributed by atoms with E-state index in [1.54, 1.807) is 0 Å². The summed E-state index contributed by atoms with van der Waals surface area (Å²) in [5.41, 5.74) is 1.62. The zero-order valence-corrected chi connectivity index (χ0v) is 40.6. The number of hydrogen-bond donors (Lipinski definition) is 4. The molecule has 8 nitrogen and oxygen atoms in total. The molecular weight excluding hydrogens is 693 g/mol. The Balaban J connectivity index is -0.000000316. The second-order valence-corrected chi connectivity index (χ2v) is 20.5. The lowest BCUT2D eigenvalue weighted by Crippen LogP contribution is -2.37. The Kier molecular flexibility index (Phi) is 33.4. The Hall–Kier alpha value is -0.840. The van der Waals surface area contributed by atoms with Crippen molar-refractivity contribution in [3.63, 3.8) is 0 Å².